The van der Waals surface area contributed by atoms with Gasteiger partial charge >= 0.3 is 0 Å². The Morgan fingerprint density at radius 3 is 1.52 bits per heavy atom. The van der Waals surface area contributed by atoms with Crippen LogP contribution in [0.2, 0.25) is 0 Å². The lowest BCUT2D eigenvalue weighted by Gasteiger charge is -2.29. The van der Waals surface area contributed by atoms with Gasteiger partial charge in [-0.2, -0.15) is 0 Å². The lowest BCUT2D eigenvalue weighted by atomic mass is 9.96. The maximum Gasteiger partial charge on any atom is 0.0645 e. The average Bonchev–Trinajstić information content (AvgIpc) is 3.65. The van der Waals surface area contributed by atoms with Gasteiger partial charge in [-0.3, -0.25) is 0 Å². The normalized spacial score (nSPS) is 12.2. The summed E-state index contributed by atoms with van der Waals surface area (Å²) in [4.78, 5) is 1.90. The third-order valence-electron chi connectivity index (χ3n) is 10.5. The zero-order valence-electron chi connectivity index (χ0n) is 34.5. The Balaban J connectivity index is 1.19. The Bertz CT molecular complexity index is 3140. The second-order valence-electron chi connectivity index (χ2n) is 13.9. The van der Waals surface area contributed by atoms with Crippen LogP contribution in [0.4, 0.5) is 17.1 Å². The second kappa shape index (κ2) is 14.4. The Labute approximate surface area is 333 Å². The molecule has 0 aliphatic heterocycles. The van der Waals surface area contributed by atoms with E-state index < -0.39 is 0 Å². The third-order valence-corrected chi connectivity index (χ3v) is 10.5. The number of benzene rings is 9. The minimum Gasteiger partial charge on any atom is -0.310 e. The fourth-order valence-corrected chi connectivity index (χ4v) is 7.76. The van der Waals surface area contributed by atoms with Crippen molar-refractivity contribution in [1.29, 1.82) is 0 Å². The number of nitrogens with zero attached hydrogens (tertiary/aromatic N) is 2. The first kappa shape index (κ1) is 29.0. The Hall–Kier alpha value is -7.42. The fourth-order valence-electron chi connectivity index (χ4n) is 7.76. The molecule has 0 atom stereocenters. The number of hydrogen-bond donors (Lipinski definition) is 0. The number of rotatable bonds is 8. The molecule has 1 heterocycles. The molecule has 0 bridgehead atoms. The van der Waals surface area contributed by atoms with Gasteiger partial charge in [0.25, 0.3) is 0 Å². The van der Waals surface area contributed by atoms with Gasteiger partial charge < -0.3 is 9.47 Å². The lowest BCUT2D eigenvalue weighted by molar-refractivity contribution is 1.18. The van der Waals surface area contributed by atoms with E-state index in [-0.39, 0.29) is 35.4 Å². The van der Waals surface area contributed by atoms with Crippen molar-refractivity contribution in [2.45, 2.75) is 0 Å². The molecule has 0 saturated heterocycles. The van der Waals surface area contributed by atoms with Crippen LogP contribution in [0.15, 0.2) is 230 Å². The van der Waals surface area contributed by atoms with Gasteiger partial charge in [0.15, 0.2) is 0 Å². The van der Waals surface area contributed by atoms with E-state index in [2.05, 4.69) is 77.4 Å². The van der Waals surface area contributed by atoms with Gasteiger partial charge in [-0.15, -0.1) is 0 Å². The largest absolute Gasteiger partial charge is 0.310 e. The molecular formula is C54H38N2. The van der Waals surface area contributed by atoms with Gasteiger partial charge in [0.2, 0.25) is 0 Å². The van der Waals surface area contributed by atoms with E-state index in [1.165, 1.54) is 0 Å². The first-order valence-electron chi connectivity index (χ1n) is 20.9. The molecule has 0 unspecified atom stereocenters. The maximum atomic E-state index is 9.75. The van der Waals surface area contributed by atoms with Crippen LogP contribution in [-0.2, 0) is 0 Å². The van der Waals surface area contributed by atoms with Crippen molar-refractivity contribution in [3.63, 3.8) is 0 Å². The smallest absolute Gasteiger partial charge is 0.0645 e. The van der Waals surface area contributed by atoms with E-state index in [1.54, 1.807) is 0 Å². The van der Waals surface area contributed by atoms with Crippen molar-refractivity contribution in [2.75, 3.05) is 4.90 Å². The minimum absolute atomic E-state index is 0.106. The summed E-state index contributed by atoms with van der Waals surface area (Å²) < 4.78 is 41.0. The minimum atomic E-state index is -0.129. The molecule has 0 saturated carbocycles. The SMILES string of the molecule is [2H]c1c([2H])c(N(c2ccc(-c3ccccc3)cc2)c2ccc(-c3ccccc3)cc2-c2ccccc2)c([2H])c([2H])c1-c1ccc2c(c1)c1ccccc1n2-c1ccccc1. The summed E-state index contributed by atoms with van der Waals surface area (Å²) in [7, 11) is 0. The molecule has 10 rings (SSSR count). The number of anilines is 3. The van der Waals surface area contributed by atoms with Crippen LogP contribution in [0.25, 0.3) is 72.0 Å². The van der Waals surface area contributed by atoms with Gasteiger partial charge in [0.05, 0.1) is 22.2 Å². The molecule has 2 nitrogen and oxygen atoms in total. The first-order valence-corrected chi connectivity index (χ1v) is 18.9. The topological polar surface area (TPSA) is 8.17 Å². The van der Waals surface area contributed by atoms with E-state index in [1.807, 2.05) is 138 Å². The zero-order valence-corrected chi connectivity index (χ0v) is 30.5. The molecule has 0 N–H and O–H groups in total. The van der Waals surface area contributed by atoms with Gasteiger partial charge in [-0.1, -0.05) is 164 Å². The fraction of sp³-hybridized carbons (Fsp3) is 0. The van der Waals surface area contributed by atoms with Crippen molar-refractivity contribution in [1.82, 2.24) is 4.57 Å². The summed E-state index contributed by atoms with van der Waals surface area (Å²) in [5.74, 6) is 0. The van der Waals surface area contributed by atoms with Crippen LogP contribution >= 0.6 is 0 Å². The quantitative estimate of drug-likeness (QED) is 0.152. The molecule has 2 heteroatoms. The summed E-state index contributed by atoms with van der Waals surface area (Å²) in [5, 5.41) is 2.02. The molecule has 10 aromatic rings. The number of hydrogen-bond acceptors (Lipinski definition) is 1. The summed E-state index contributed by atoms with van der Waals surface area (Å²) >= 11 is 0. The highest BCUT2D eigenvalue weighted by atomic mass is 15.1. The van der Waals surface area contributed by atoms with Crippen LogP contribution in [0.1, 0.15) is 5.48 Å². The van der Waals surface area contributed by atoms with Crippen molar-refractivity contribution in [2.24, 2.45) is 0 Å². The summed E-state index contributed by atoms with van der Waals surface area (Å²) in [5.41, 5.74) is 11.6. The van der Waals surface area contributed by atoms with Gasteiger partial charge in [0.1, 0.15) is 0 Å². The van der Waals surface area contributed by atoms with E-state index in [9.17, 15) is 5.48 Å². The summed E-state index contributed by atoms with van der Waals surface area (Å²) in [6, 6.07) is 68.8. The second-order valence-corrected chi connectivity index (χ2v) is 13.9. The highest BCUT2D eigenvalue weighted by molar-refractivity contribution is 6.10. The molecule has 0 radical (unpaired) electrons. The van der Waals surface area contributed by atoms with E-state index in [0.717, 1.165) is 66.6 Å². The highest BCUT2D eigenvalue weighted by Gasteiger charge is 2.19. The molecule has 0 fully saturated rings. The van der Waals surface area contributed by atoms with Crippen LogP contribution in [0, 0.1) is 0 Å². The van der Waals surface area contributed by atoms with E-state index in [4.69, 9.17) is 0 Å². The molecule has 264 valence electrons. The van der Waals surface area contributed by atoms with Crippen LogP contribution in [0.5, 0.6) is 0 Å². The molecular weight excluding hydrogens is 677 g/mol. The van der Waals surface area contributed by atoms with Crippen molar-refractivity contribution in [3.8, 4) is 50.2 Å². The lowest BCUT2D eigenvalue weighted by Crippen LogP contribution is -2.11. The summed E-state index contributed by atoms with van der Waals surface area (Å²) in [6.45, 7) is 0. The third kappa shape index (κ3) is 6.14. The van der Waals surface area contributed by atoms with Gasteiger partial charge in [-0.25, -0.2) is 0 Å². The molecule has 0 spiro atoms. The van der Waals surface area contributed by atoms with Gasteiger partial charge in [-0.05, 0) is 106 Å². The van der Waals surface area contributed by atoms with Crippen molar-refractivity contribution in [3.05, 3.63) is 230 Å². The number of aromatic nitrogens is 1. The predicted molar refractivity (Wildman–Crippen MR) is 237 cm³/mol. The molecule has 9 aromatic carbocycles. The highest BCUT2D eigenvalue weighted by Crippen LogP contribution is 2.44. The predicted octanol–water partition coefficient (Wildman–Crippen LogP) is 14.9. The molecule has 0 aliphatic carbocycles. The van der Waals surface area contributed by atoms with Crippen LogP contribution in [0.3, 0.4) is 0 Å². The zero-order chi connectivity index (χ0) is 40.7. The summed E-state index contributed by atoms with van der Waals surface area (Å²) in [6.07, 6.45) is 0. The number of para-hydroxylation sites is 2. The Kier molecular flexibility index (Phi) is 7.47. The van der Waals surface area contributed by atoms with Crippen LogP contribution < -0.4 is 4.90 Å². The maximum absolute atomic E-state index is 9.75. The van der Waals surface area contributed by atoms with Gasteiger partial charge in [0, 0.05) is 33.4 Å². The van der Waals surface area contributed by atoms with Crippen molar-refractivity contribution >= 4 is 38.9 Å². The monoisotopic (exact) mass is 718 g/mol. The molecule has 0 aliphatic rings. The average molecular weight is 719 g/mol. The molecule has 1 aromatic heterocycles. The number of fused-ring (bicyclic) bond motifs is 3. The van der Waals surface area contributed by atoms with Crippen LogP contribution in [-0.4, -0.2) is 4.57 Å². The van der Waals surface area contributed by atoms with Crippen molar-refractivity contribution < 1.29 is 5.48 Å². The Morgan fingerprint density at radius 1 is 0.339 bits per heavy atom. The molecule has 56 heavy (non-hydrogen) atoms. The Morgan fingerprint density at radius 2 is 0.839 bits per heavy atom. The van der Waals surface area contributed by atoms with E-state index in [0.29, 0.717) is 11.3 Å². The molecule has 0 amide bonds. The first-order chi connectivity index (χ1) is 29.5. The van der Waals surface area contributed by atoms with E-state index >= 15 is 0 Å². The standard InChI is InChI=1S/C54H38N2/c1-5-15-39(16-6-1)41-25-31-47(32-26-41)55(53-35-29-44(40-17-7-2-8-18-40)37-50(53)43-19-9-3-10-20-43)48-33-27-42(28-34-48)45-30-36-54-51(38-45)49-23-13-14-24-52(49)56(54)46-21-11-4-12-22-46/h1-38H/i27D,28D,33D,34D.